The maximum atomic E-state index is 11.8. The molecule has 0 fully saturated rings. The number of aromatic nitrogens is 4. The molecule has 3 aromatic heterocycles. The highest BCUT2D eigenvalue weighted by Gasteiger charge is 2.25. The number of hydrogen-bond acceptors (Lipinski definition) is 4. The average Bonchev–Trinajstić information content (AvgIpc) is 3.43. The molecular weight excluding hydrogens is 467 g/mol. The number of carboxylic acid groups (broad SMARTS) is 1. The van der Waals surface area contributed by atoms with Crippen molar-refractivity contribution in [1.82, 2.24) is 15.2 Å². The predicted octanol–water partition coefficient (Wildman–Crippen LogP) is 4.26. The normalized spacial score (nSPS) is 15.2. The van der Waals surface area contributed by atoms with Gasteiger partial charge in [-0.05, 0) is 42.0 Å². The number of carboxylic acids is 1. The molecule has 33 heavy (non-hydrogen) atoms. The van der Waals surface area contributed by atoms with Crippen molar-refractivity contribution in [2.24, 2.45) is 0 Å². The summed E-state index contributed by atoms with van der Waals surface area (Å²) in [5.41, 5.74) is 4.09. The van der Waals surface area contributed by atoms with Crippen LogP contribution in [0.2, 0.25) is 5.02 Å². The molecule has 1 aliphatic carbocycles. The van der Waals surface area contributed by atoms with Crippen LogP contribution in [0.5, 0.6) is 0 Å². The van der Waals surface area contributed by atoms with Crippen LogP contribution in [0.15, 0.2) is 78.8 Å². The topological polar surface area (TPSA) is 126 Å². The fourth-order valence-electron chi connectivity index (χ4n) is 3.39. The van der Waals surface area contributed by atoms with Crippen LogP contribution < -0.4 is 4.73 Å². The standard InChI is InChI=1S/C16H11ClN4O.C7H5ClO3/c17-11-4-1-3-10(7-11)13-9-19-20-15(13)14-8-18-16-12(14)5-2-6-21(16)22;8-6-4(7(10)11)2-1-3-5(6)9/h1-9,18H,(H,19,20);1-3,6H,(H,10,11). The summed E-state index contributed by atoms with van der Waals surface area (Å²) in [5.74, 6) is -1.53. The third-order valence-electron chi connectivity index (χ3n) is 4.95. The van der Waals surface area contributed by atoms with Crippen LogP contribution in [0, 0.1) is 5.21 Å². The molecule has 8 nitrogen and oxygen atoms in total. The highest BCUT2D eigenvalue weighted by molar-refractivity contribution is 6.37. The number of rotatable bonds is 3. The smallest absolute Gasteiger partial charge is 0.333 e. The molecule has 0 bridgehead atoms. The number of carbonyl (C=O) groups excluding carboxylic acids is 1. The van der Waals surface area contributed by atoms with Gasteiger partial charge in [-0.2, -0.15) is 5.10 Å². The van der Waals surface area contributed by atoms with Gasteiger partial charge in [0.05, 0.1) is 40.8 Å². The molecule has 3 heterocycles. The molecule has 0 spiro atoms. The molecule has 0 saturated carbocycles. The van der Waals surface area contributed by atoms with Gasteiger partial charge in [-0.3, -0.25) is 9.89 Å². The second kappa shape index (κ2) is 9.32. The monoisotopic (exact) mass is 482 g/mol. The van der Waals surface area contributed by atoms with Crippen LogP contribution in [-0.4, -0.2) is 37.4 Å². The van der Waals surface area contributed by atoms with Gasteiger partial charge in [-0.1, -0.05) is 29.8 Å². The Morgan fingerprint density at radius 3 is 2.76 bits per heavy atom. The first-order chi connectivity index (χ1) is 15.9. The van der Waals surface area contributed by atoms with E-state index in [0.717, 1.165) is 32.5 Å². The number of allylic oxidation sites excluding steroid dienone is 3. The maximum Gasteiger partial charge on any atom is 0.333 e. The number of hydrogen-bond donors (Lipinski definition) is 3. The van der Waals surface area contributed by atoms with E-state index < -0.39 is 11.3 Å². The van der Waals surface area contributed by atoms with Crippen LogP contribution in [0.1, 0.15) is 0 Å². The van der Waals surface area contributed by atoms with Crippen molar-refractivity contribution in [3.05, 3.63) is 89.0 Å². The molecule has 1 aromatic carbocycles. The van der Waals surface area contributed by atoms with Gasteiger partial charge >= 0.3 is 5.97 Å². The summed E-state index contributed by atoms with van der Waals surface area (Å²) in [6.45, 7) is 0. The second-order valence-corrected chi connectivity index (χ2v) is 7.89. The number of benzene rings is 1. The van der Waals surface area contributed by atoms with Crippen molar-refractivity contribution in [3.63, 3.8) is 0 Å². The quantitative estimate of drug-likeness (QED) is 0.228. The van der Waals surface area contributed by atoms with Gasteiger partial charge < -0.3 is 10.3 Å². The minimum absolute atomic E-state index is 0.0702. The Balaban J connectivity index is 0.000000200. The van der Waals surface area contributed by atoms with E-state index in [9.17, 15) is 14.8 Å². The molecule has 0 aliphatic heterocycles. The van der Waals surface area contributed by atoms with E-state index in [0.29, 0.717) is 10.7 Å². The molecule has 1 aliphatic rings. The second-order valence-electron chi connectivity index (χ2n) is 7.02. The number of aliphatic carboxylic acids is 1. The molecule has 166 valence electrons. The fourth-order valence-corrected chi connectivity index (χ4v) is 3.82. The van der Waals surface area contributed by atoms with Gasteiger partial charge in [-0.25, -0.2) is 14.5 Å². The molecule has 3 N–H and O–H groups in total. The third kappa shape index (κ3) is 4.52. The highest BCUT2D eigenvalue weighted by Crippen LogP contribution is 2.34. The molecule has 1 atom stereocenters. The number of nitrogens with one attached hydrogen (secondary N) is 2. The lowest BCUT2D eigenvalue weighted by Crippen LogP contribution is -2.25. The summed E-state index contributed by atoms with van der Waals surface area (Å²) in [7, 11) is 0. The number of halogens is 2. The molecule has 1 unspecified atom stereocenters. The van der Waals surface area contributed by atoms with Crippen LogP contribution in [0.25, 0.3) is 33.4 Å². The summed E-state index contributed by atoms with van der Waals surface area (Å²) < 4.78 is 0.814. The Kier molecular flexibility index (Phi) is 6.30. The first-order valence-electron chi connectivity index (χ1n) is 9.65. The maximum absolute atomic E-state index is 11.8. The van der Waals surface area contributed by atoms with E-state index in [1.807, 2.05) is 30.3 Å². The molecule has 4 aromatic rings. The number of alkyl halides is 1. The third-order valence-corrected chi connectivity index (χ3v) is 5.64. The number of pyridine rings is 1. The zero-order valence-electron chi connectivity index (χ0n) is 16.8. The summed E-state index contributed by atoms with van der Waals surface area (Å²) in [6, 6.07) is 11.2. The SMILES string of the molecule is O=C(O)C1=CC=CC(=O)C1Cl.[O-][n+]1cccc2c(-c3[nH]ncc3-c3cccc(Cl)c3)c[nH]c21. The first kappa shape index (κ1) is 22.3. The Morgan fingerprint density at radius 2 is 2.03 bits per heavy atom. The number of aromatic amines is 2. The molecule has 0 radical (unpaired) electrons. The lowest BCUT2D eigenvalue weighted by Gasteiger charge is -2.08. The van der Waals surface area contributed by atoms with Crippen LogP contribution in [0.3, 0.4) is 0 Å². The predicted molar refractivity (Wildman–Crippen MR) is 125 cm³/mol. The van der Waals surface area contributed by atoms with E-state index in [-0.39, 0.29) is 11.4 Å². The number of nitrogens with zero attached hydrogens (tertiary/aromatic N) is 2. The Labute approximate surface area is 197 Å². The van der Waals surface area contributed by atoms with E-state index in [1.54, 1.807) is 18.5 Å². The van der Waals surface area contributed by atoms with Crippen LogP contribution in [-0.2, 0) is 9.59 Å². The summed E-state index contributed by atoms with van der Waals surface area (Å²) in [4.78, 5) is 24.2. The molecular formula is C23H16Cl2N4O4. The van der Waals surface area contributed by atoms with Gasteiger partial charge in [0.1, 0.15) is 5.38 Å². The zero-order chi connectivity index (χ0) is 23.5. The highest BCUT2D eigenvalue weighted by atomic mass is 35.5. The van der Waals surface area contributed by atoms with E-state index in [1.165, 1.54) is 24.4 Å². The Bertz CT molecular complexity index is 1420. The van der Waals surface area contributed by atoms with Crippen LogP contribution >= 0.6 is 23.2 Å². The van der Waals surface area contributed by atoms with Gasteiger partial charge in [0.2, 0.25) is 0 Å². The number of carbonyl (C=O) groups is 2. The van der Waals surface area contributed by atoms with Crippen molar-refractivity contribution in [2.75, 3.05) is 0 Å². The number of ketones is 1. The fraction of sp³-hybridized carbons (Fsp3) is 0.0435. The van der Waals surface area contributed by atoms with E-state index in [2.05, 4.69) is 15.2 Å². The first-order valence-corrected chi connectivity index (χ1v) is 10.5. The summed E-state index contributed by atoms with van der Waals surface area (Å²) in [5, 5.41) is 27.9. The van der Waals surface area contributed by atoms with Gasteiger partial charge in [0, 0.05) is 10.6 Å². The number of H-pyrrole nitrogens is 2. The Morgan fingerprint density at radius 1 is 1.21 bits per heavy atom. The van der Waals surface area contributed by atoms with Crippen molar-refractivity contribution >= 4 is 46.0 Å². The summed E-state index contributed by atoms with van der Waals surface area (Å²) >= 11 is 11.6. The Hall–Kier alpha value is -3.88. The molecule has 0 amide bonds. The lowest BCUT2D eigenvalue weighted by molar-refractivity contribution is -0.579. The minimum atomic E-state index is -1.15. The van der Waals surface area contributed by atoms with E-state index in [4.69, 9.17) is 28.3 Å². The van der Waals surface area contributed by atoms with Gasteiger partial charge in [0.15, 0.2) is 5.78 Å². The van der Waals surface area contributed by atoms with Crippen molar-refractivity contribution in [2.45, 2.75) is 5.38 Å². The molecule has 5 rings (SSSR count). The lowest BCUT2D eigenvalue weighted by atomic mass is 10.0. The summed E-state index contributed by atoms with van der Waals surface area (Å²) in [6.07, 6.45) is 8.98. The van der Waals surface area contributed by atoms with Crippen molar-refractivity contribution < 1.29 is 19.4 Å². The molecule has 10 heteroatoms. The van der Waals surface area contributed by atoms with E-state index >= 15 is 0 Å². The van der Waals surface area contributed by atoms with Gasteiger partial charge in [-0.15, -0.1) is 11.6 Å². The average molecular weight is 483 g/mol. The van der Waals surface area contributed by atoms with Crippen molar-refractivity contribution in [3.8, 4) is 22.4 Å². The number of fused-ring (bicyclic) bond motifs is 1. The molecule has 0 saturated heterocycles. The van der Waals surface area contributed by atoms with Crippen molar-refractivity contribution in [1.29, 1.82) is 0 Å². The van der Waals surface area contributed by atoms with Gasteiger partial charge in [0.25, 0.3) is 5.65 Å². The zero-order valence-corrected chi connectivity index (χ0v) is 18.3. The largest absolute Gasteiger partial charge is 0.711 e. The van der Waals surface area contributed by atoms with Crippen LogP contribution in [0.4, 0.5) is 0 Å². The minimum Gasteiger partial charge on any atom is -0.711 e.